The van der Waals surface area contributed by atoms with Crippen molar-refractivity contribution in [1.29, 1.82) is 0 Å². The summed E-state index contributed by atoms with van der Waals surface area (Å²) in [6, 6.07) is 22.3. The maximum absolute atomic E-state index is 13.3. The van der Waals surface area contributed by atoms with Crippen LogP contribution in [-0.4, -0.2) is 18.5 Å². The molecule has 5 nitrogen and oxygen atoms in total. The molecule has 274 valence electrons. The number of carbonyl (C=O) groups excluding carboxylic acids is 2. The van der Waals surface area contributed by atoms with Crippen molar-refractivity contribution in [2.24, 2.45) is 5.92 Å². The molecule has 0 fully saturated rings. The Morgan fingerprint density at radius 3 is 1.34 bits per heavy atom. The molecule has 0 atom stereocenters. The van der Waals surface area contributed by atoms with Gasteiger partial charge in [0, 0.05) is 0 Å². The van der Waals surface area contributed by atoms with Gasteiger partial charge in [-0.2, -0.15) is 0 Å². The molecule has 3 rings (SSSR count). The highest BCUT2D eigenvalue weighted by Gasteiger charge is 2.20. The van der Waals surface area contributed by atoms with Gasteiger partial charge in [0.25, 0.3) is 0 Å². The van der Waals surface area contributed by atoms with Gasteiger partial charge < -0.3 is 14.2 Å². The van der Waals surface area contributed by atoms with Crippen molar-refractivity contribution in [2.75, 3.05) is 6.61 Å². The first-order valence-corrected chi connectivity index (χ1v) is 19.9. The van der Waals surface area contributed by atoms with E-state index < -0.39 is 5.97 Å². The van der Waals surface area contributed by atoms with E-state index in [2.05, 4.69) is 20.8 Å². The number of unbranched alkanes of at least 4 members (excludes halogenated alkanes) is 15. The van der Waals surface area contributed by atoms with Gasteiger partial charge in [-0.05, 0) is 78.9 Å². The summed E-state index contributed by atoms with van der Waals surface area (Å²) in [5, 5.41) is 0. The Balaban J connectivity index is 1.46. The second-order valence-corrected chi connectivity index (χ2v) is 13.8. The van der Waals surface area contributed by atoms with Gasteiger partial charge in [-0.15, -0.1) is 0 Å². The van der Waals surface area contributed by atoms with E-state index in [-0.39, 0.29) is 11.9 Å². The number of ether oxygens (including phenoxy) is 3. The van der Waals surface area contributed by atoms with E-state index in [9.17, 15) is 9.59 Å². The Morgan fingerprint density at radius 1 is 0.460 bits per heavy atom. The minimum Gasteiger partial charge on any atom is -0.494 e. The van der Waals surface area contributed by atoms with E-state index in [4.69, 9.17) is 14.2 Å². The molecule has 0 radical (unpaired) electrons. The summed E-state index contributed by atoms with van der Waals surface area (Å²) in [6.45, 7) is 7.40. The predicted octanol–water partition coefficient (Wildman–Crippen LogP) is 13.3. The van der Waals surface area contributed by atoms with Gasteiger partial charge in [0.05, 0.1) is 18.1 Å². The summed E-state index contributed by atoms with van der Waals surface area (Å²) in [4.78, 5) is 26.0. The van der Waals surface area contributed by atoms with Crippen LogP contribution in [-0.2, 0) is 4.79 Å². The summed E-state index contributed by atoms with van der Waals surface area (Å²) in [5.41, 5.74) is 2.46. The summed E-state index contributed by atoms with van der Waals surface area (Å²) < 4.78 is 17.4. The van der Waals surface area contributed by atoms with E-state index >= 15 is 0 Å². The van der Waals surface area contributed by atoms with Crippen LogP contribution in [0.15, 0.2) is 72.8 Å². The lowest BCUT2D eigenvalue weighted by Crippen LogP contribution is -2.20. The fourth-order valence-corrected chi connectivity index (χ4v) is 6.28. The van der Waals surface area contributed by atoms with Crippen molar-refractivity contribution < 1.29 is 23.8 Å². The second-order valence-electron chi connectivity index (χ2n) is 13.8. The molecule has 0 aliphatic carbocycles. The van der Waals surface area contributed by atoms with Crippen LogP contribution in [0, 0.1) is 5.92 Å². The molecule has 0 amide bonds. The van der Waals surface area contributed by atoms with Gasteiger partial charge in [0.2, 0.25) is 0 Å². The zero-order chi connectivity index (χ0) is 35.7. The summed E-state index contributed by atoms with van der Waals surface area (Å²) >= 11 is 0. The molecule has 0 unspecified atom stereocenters. The molecule has 0 saturated carbocycles. The minimum absolute atomic E-state index is 0.0385. The van der Waals surface area contributed by atoms with Crippen molar-refractivity contribution >= 4 is 11.9 Å². The van der Waals surface area contributed by atoms with Crippen LogP contribution in [0.3, 0.4) is 0 Å². The number of rotatable bonds is 27. The largest absolute Gasteiger partial charge is 0.494 e. The molecular formula is C45H64O5. The van der Waals surface area contributed by atoms with Crippen molar-refractivity contribution in [3.05, 3.63) is 78.4 Å². The number of carbonyl (C=O) groups is 2. The molecular weight excluding hydrogens is 620 g/mol. The van der Waals surface area contributed by atoms with Crippen molar-refractivity contribution in [3.63, 3.8) is 0 Å². The third kappa shape index (κ3) is 16.4. The first-order chi connectivity index (χ1) is 24.5. The van der Waals surface area contributed by atoms with E-state index in [0.717, 1.165) is 49.0 Å². The monoisotopic (exact) mass is 684 g/mol. The van der Waals surface area contributed by atoms with Crippen molar-refractivity contribution in [1.82, 2.24) is 0 Å². The summed E-state index contributed by atoms with van der Waals surface area (Å²) in [7, 11) is 0. The van der Waals surface area contributed by atoms with E-state index in [1.165, 1.54) is 96.3 Å². The number of esters is 2. The Kier molecular flexibility index (Phi) is 20.7. The number of benzene rings is 3. The molecule has 3 aromatic carbocycles. The number of hydrogen-bond donors (Lipinski definition) is 0. The van der Waals surface area contributed by atoms with E-state index in [1.54, 1.807) is 24.3 Å². The highest BCUT2D eigenvalue weighted by molar-refractivity contribution is 5.91. The molecule has 0 aliphatic rings. The van der Waals surface area contributed by atoms with Crippen LogP contribution in [0.1, 0.15) is 160 Å². The molecule has 0 bridgehead atoms. The van der Waals surface area contributed by atoms with Gasteiger partial charge in [0.1, 0.15) is 17.2 Å². The SMILES string of the molecule is CCCCCCCCOc1ccc(C(=O)Oc2ccc(-c3ccc(OC(=O)C(CCCCCCCC)CCCCCCCC)cc3)cc2)cc1. The quantitative estimate of drug-likeness (QED) is 0.0454. The Bertz CT molecular complexity index is 1300. The average molecular weight is 685 g/mol. The first kappa shape index (κ1) is 40.8. The predicted molar refractivity (Wildman–Crippen MR) is 207 cm³/mol. The van der Waals surface area contributed by atoms with Crippen LogP contribution in [0.25, 0.3) is 11.1 Å². The molecule has 3 aromatic rings. The lowest BCUT2D eigenvalue weighted by atomic mass is 9.94. The molecule has 0 saturated heterocycles. The molecule has 0 aromatic heterocycles. The zero-order valence-electron chi connectivity index (χ0n) is 31.4. The van der Waals surface area contributed by atoms with Crippen LogP contribution < -0.4 is 14.2 Å². The normalized spacial score (nSPS) is 11.1. The van der Waals surface area contributed by atoms with Crippen LogP contribution >= 0.6 is 0 Å². The Labute approximate surface area is 303 Å². The standard InChI is InChI=1S/C45H64O5/c1-4-7-10-13-16-19-22-39(23-20-17-14-11-8-5-2)44(46)49-42-32-24-37(25-33-42)38-26-34-43(35-27-38)50-45(47)40-28-30-41(31-29-40)48-36-21-18-15-12-9-6-3/h24-35,39H,4-23,36H2,1-3H3. The zero-order valence-corrected chi connectivity index (χ0v) is 31.4. The maximum atomic E-state index is 13.3. The van der Waals surface area contributed by atoms with E-state index in [1.807, 2.05) is 48.5 Å². The van der Waals surface area contributed by atoms with Crippen LogP contribution in [0.5, 0.6) is 17.2 Å². The molecule has 5 heteroatoms. The van der Waals surface area contributed by atoms with E-state index in [0.29, 0.717) is 23.7 Å². The average Bonchev–Trinajstić information content (AvgIpc) is 3.14. The summed E-state index contributed by atoms with van der Waals surface area (Å²) in [5.74, 6) is 1.29. The third-order valence-electron chi connectivity index (χ3n) is 9.47. The number of hydrogen-bond acceptors (Lipinski definition) is 5. The van der Waals surface area contributed by atoms with Gasteiger partial charge >= 0.3 is 11.9 Å². The third-order valence-corrected chi connectivity index (χ3v) is 9.47. The smallest absolute Gasteiger partial charge is 0.343 e. The molecule has 50 heavy (non-hydrogen) atoms. The van der Waals surface area contributed by atoms with Crippen molar-refractivity contribution in [2.45, 2.75) is 149 Å². The highest BCUT2D eigenvalue weighted by Crippen LogP contribution is 2.27. The van der Waals surface area contributed by atoms with Crippen LogP contribution in [0.2, 0.25) is 0 Å². The summed E-state index contributed by atoms with van der Waals surface area (Å²) in [6.07, 6.45) is 23.9. The molecule has 0 spiro atoms. The fraction of sp³-hybridized carbons (Fsp3) is 0.556. The van der Waals surface area contributed by atoms with Gasteiger partial charge in [0.15, 0.2) is 0 Å². The van der Waals surface area contributed by atoms with Gasteiger partial charge in [-0.1, -0.05) is 154 Å². The highest BCUT2D eigenvalue weighted by atomic mass is 16.5. The first-order valence-electron chi connectivity index (χ1n) is 19.9. The van der Waals surface area contributed by atoms with Gasteiger partial charge in [-0.25, -0.2) is 4.79 Å². The lowest BCUT2D eigenvalue weighted by Gasteiger charge is -2.16. The molecule has 0 N–H and O–H groups in total. The topological polar surface area (TPSA) is 61.8 Å². The van der Waals surface area contributed by atoms with Crippen LogP contribution in [0.4, 0.5) is 0 Å². The maximum Gasteiger partial charge on any atom is 0.343 e. The second kappa shape index (κ2) is 25.4. The lowest BCUT2D eigenvalue weighted by molar-refractivity contribution is -0.139. The molecule has 0 heterocycles. The van der Waals surface area contributed by atoms with Crippen molar-refractivity contribution in [3.8, 4) is 28.4 Å². The fourth-order valence-electron chi connectivity index (χ4n) is 6.28. The molecule has 0 aliphatic heterocycles. The Hall–Kier alpha value is -3.60. The Morgan fingerprint density at radius 2 is 0.860 bits per heavy atom. The van der Waals surface area contributed by atoms with Gasteiger partial charge in [-0.3, -0.25) is 4.79 Å². The minimum atomic E-state index is -0.405.